The van der Waals surface area contributed by atoms with Gasteiger partial charge in [-0.15, -0.1) is 0 Å². The highest BCUT2D eigenvalue weighted by molar-refractivity contribution is 5.34. The number of aryl methyl sites for hydroxylation is 1. The quantitative estimate of drug-likeness (QED) is 0.160. The van der Waals surface area contributed by atoms with Gasteiger partial charge in [-0.25, -0.2) is 13.3 Å². The van der Waals surface area contributed by atoms with Gasteiger partial charge in [0.05, 0.1) is 5.56 Å². The van der Waals surface area contributed by atoms with Crippen LogP contribution < -0.4 is 33.3 Å². The molecule has 188 valence electrons. The third-order valence-electron chi connectivity index (χ3n) is 5.73. The van der Waals surface area contributed by atoms with Crippen molar-refractivity contribution in [3.05, 3.63) is 126 Å². The molecule has 0 saturated heterocycles. The van der Waals surface area contributed by atoms with Crippen molar-refractivity contribution in [3.63, 3.8) is 0 Å². The maximum Gasteiger partial charge on any atom is 0.416 e. The molecule has 0 amide bonds. The summed E-state index contributed by atoms with van der Waals surface area (Å²) in [5, 5.41) is 0. The highest BCUT2D eigenvalue weighted by atomic mass is 127. The van der Waals surface area contributed by atoms with Gasteiger partial charge in [0.25, 0.3) is 0 Å². The van der Waals surface area contributed by atoms with E-state index in [-0.39, 0.29) is 41.5 Å². The number of hydrogen-bond acceptors (Lipinski definition) is 1. The van der Waals surface area contributed by atoms with E-state index in [0.717, 1.165) is 36.1 Å². The average Bonchev–Trinajstić information content (AvgIpc) is 2.84. The molecule has 2 nitrogen and oxygen atoms in total. The van der Waals surface area contributed by atoms with E-state index in [2.05, 4.69) is 0 Å². The lowest BCUT2D eigenvalue weighted by molar-refractivity contribution is -0.697. The third-order valence-corrected chi connectivity index (χ3v) is 5.73. The van der Waals surface area contributed by atoms with Crippen LogP contribution in [-0.2, 0) is 12.7 Å². The van der Waals surface area contributed by atoms with Crippen LogP contribution in [0.25, 0.3) is 0 Å². The van der Waals surface area contributed by atoms with Gasteiger partial charge in [-0.2, -0.15) is 13.2 Å². The fourth-order valence-corrected chi connectivity index (χ4v) is 3.90. The first kappa shape index (κ1) is 27.6. The second-order valence-electron chi connectivity index (χ2n) is 8.19. The lowest BCUT2D eigenvalue weighted by atomic mass is 9.87. The lowest BCUT2D eigenvalue weighted by Gasteiger charge is -2.17. The molecule has 8 heteroatoms. The van der Waals surface area contributed by atoms with Crippen molar-refractivity contribution in [1.82, 2.24) is 0 Å². The Hall–Kier alpha value is -3.01. The van der Waals surface area contributed by atoms with Crippen molar-refractivity contribution in [2.75, 3.05) is 0 Å². The van der Waals surface area contributed by atoms with Crippen molar-refractivity contribution in [2.45, 2.75) is 31.5 Å². The highest BCUT2D eigenvalue weighted by Crippen LogP contribution is 2.32. The van der Waals surface area contributed by atoms with Crippen LogP contribution in [0, 0.1) is 11.6 Å². The van der Waals surface area contributed by atoms with Gasteiger partial charge in [-0.3, -0.25) is 0 Å². The minimum atomic E-state index is -4.39. The zero-order valence-electron chi connectivity index (χ0n) is 19.1. The maximum absolute atomic E-state index is 13.4. The normalized spacial score (nSPS) is 11.3. The number of nitrogens with zero attached hydrogens (tertiary/aromatic N) is 1. The summed E-state index contributed by atoms with van der Waals surface area (Å²) >= 11 is 0. The number of benzene rings is 3. The molecule has 4 rings (SSSR count). The van der Waals surface area contributed by atoms with Gasteiger partial charge in [0, 0.05) is 24.5 Å². The monoisotopic (exact) mass is 611 g/mol. The van der Waals surface area contributed by atoms with Gasteiger partial charge >= 0.3 is 6.18 Å². The van der Waals surface area contributed by atoms with Crippen LogP contribution in [0.1, 0.15) is 35.4 Å². The molecule has 0 radical (unpaired) electrons. The molecule has 36 heavy (non-hydrogen) atoms. The molecule has 1 heterocycles. The largest absolute Gasteiger partial charge is 1.00 e. The summed E-state index contributed by atoms with van der Waals surface area (Å²) in [4.78, 5) is 0. The fourth-order valence-electron chi connectivity index (χ4n) is 3.90. The maximum atomic E-state index is 13.4. The average molecular weight is 611 g/mol. The summed E-state index contributed by atoms with van der Waals surface area (Å²) in [6.45, 7) is 0.708. The Labute approximate surface area is 223 Å². The minimum absolute atomic E-state index is 0. The van der Waals surface area contributed by atoms with E-state index < -0.39 is 11.7 Å². The van der Waals surface area contributed by atoms with Gasteiger partial charge in [-0.1, -0.05) is 24.3 Å². The van der Waals surface area contributed by atoms with Gasteiger partial charge in [0.1, 0.15) is 29.7 Å². The Morgan fingerprint density at radius 1 is 0.667 bits per heavy atom. The van der Waals surface area contributed by atoms with Crippen molar-refractivity contribution >= 4 is 0 Å². The number of aromatic nitrogens is 1. The fraction of sp³-hybridized carbons (Fsp3) is 0.179. The van der Waals surface area contributed by atoms with E-state index in [0.29, 0.717) is 18.0 Å². The van der Waals surface area contributed by atoms with Gasteiger partial charge in [0.2, 0.25) is 0 Å². The van der Waals surface area contributed by atoms with Crippen LogP contribution in [0.15, 0.2) is 97.3 Å². The van der Waals surface area contributed by atoms with Crippen LogP contribution in [0.3, 0.4) is 0 Å². The summed E-state index contributed by atoms with van der Waals surface area (Å²) in [5.74, 6) is 0.217. The van der Waals surface area contributed by atoms with Crippen LogP contribution in [0.5, 0.6) is 11.5 Å². The molecular weight excluding hydrogens is 588 g/mol. The molecule has 0 spiro atoms. The van der Waals surface area contributed by atoms with Gasteiger partial charge in [0.15, 0.2) is 12.4 Å². The molecule has 0 bridgehead atoms. The molecule has 4 aromatic rings. The van der Waals surface area contributed by atoms with Crippen molar-refractivity contribution < 1.29 is 55.2 Å². The molecule has 0 aliphatic rings. The zero-order valence-corrected chi connectivity index (χ0v) is 21.2. The Kier molecular flexibility index (Phi) is 9.42. The molecule has 0 aliphatic heterocycles. The van der Waals surface area contributed by atoms with E-state index in [4.69, 9.17) is 4.74 Å². The smallest absolute Gasteiger partial charge is 0.416 e. The van der Waals surface area contributed by atoms with E-state index in [1.165, 1.54) is 36.4 Å². The first-order chi connectivity index (χ1) is 16.8. The predicted molar refractivity (Wildman–Crippen MR) is 122 cm³/mol. The summed E-state index contributed by atoms with van der Waals surface area (Å²) in [7, 11) is 0. The van der Waals surface area contributed by atoms with Crippen LogP contribution in [-0.4, -0.2) is 0 Å². The van der Waals surface area contributed by atoms with Crippen LogP contribution in [0.4, 0.5) is 22.0 Å². The summed E-state index contributed by atoms with van der Waals surface area (Å²) in [5.41, 5.74) is 1.20. The molecule has 0 saturated carbocycles. The van der Waals surface area contributed by atoms with E-state index in [1.54, 1.807) is 36.4 Å². The standard InChI is InChI=1S/C28H23F5NO.HI/c29-23-9-3-20(4-10-23)27(21-5-11-24(30)12-6-21)2-1-17-34-18-15-26(16-19-34)35-25-13-7-22(8-14-25)28(31,32)33;/h3-16,18-19,27H,1-2,17H2;1H/q+1;/p-1. The van der Waals surface area contributed by atoms with E-state index in [9.17, 15) is 22.0 Å². The van der Waals surface area contributed by atoms with Crippen molar-refractivity contribution in [3.8, 4) is 11.5 Å². The molecular formula is C28H23F5INO. The first-order valence-corrected chi connectivity index (χ1v) is 11.1. The predicted octanol–water partition coefficient (Wildman–Crippen LogP) is 4.68. The molecule has 0 aliphatic carbocycles. The molecule has 0 fully saturated rings. The van der Waals surface area contributed by atoms with Crippen LogP contribution >= 0.6 is 0 Å². The SMILES string of the molecule is Fc1ccc(C(CCC[n+]2ccc(Oc3ccc(C(F)(F)F)cc3)cc2)c2ccc(F)cc2)cc1.[I-]. The van der Waals surface area contributed by atoms with Crippen molar-refractivity contribution in [1.29, 1.82) is 0 Å². The summed E-state index contributed by atoms with van der Waals surface area (Å²) in [6, 6.07) is 20.8. The number of alkyl halides is 3. The second kappa shape index (κ2) is 12.3. The summed E-state index contributed by atoms with van der Waals surface area (Å²) < 4.78 is 72.5. The van der Waals surface area contributed by atoms with Gasteiger partial charge in [-0.05, 0) is 66.1 Å². The molecule has 1 aromatic heterocycles. The molecule has 0 unspecified atom stereocenters. The Morgan fingerprint density at radius 2 is 1.14 bits per heavy atom. The highest BCUT2D eigenvalue weighted by Gasteiger charge is 2.30. The number of ether oxygens (including phenoxy) is 1. The molecule has 0 N–H and O–H groups in total. The number of pyridine rings is 1. The molecule has 0 atom stereocenters. The second-order valence-corrected chi connectivity index (χ2v) is 8.19. The summed E-state index contributed by atoms with van der Waals surface area (Å²) in [6.07, 6.45) is 0.870. The van der Waals surface area contributed by atoms with E-state index >= 15 is 0 Å². The number of hydrogen-bond donors (Lipinski definition) is 0. The number of rotatable bonds is 8. The Bertz CT molecular complexity index is 1180. The topological polar surface area (TPSA) is 13.1 Å². The Morgan fingerprint density at radius 3 is 1.61 bits per heavy atom. The van der Waals surface area contributed by atoms with Gasteiger partial charge < -0.3 is 28.7 Å². The molecule has 3 aromatic carbocycles. The third kappa shape index (κ3) is 7.49. The zero-order chi connectivity index (χ0) is 24.8. The van der Waals surface area contributed by atoms with Crippen LogP contribution in [0.2, 0.25) is 0 Å². The van der Waals surface area contributed by atoms with Crippen molar-refractivity contribution in [2.24, 2.45) is 0 Å². The number of halogens is 6. The Balaban J connectivity index is 0.00000361. The minimum Gasteiger partial charge on any atom is -1.00 e. The lowest BCUT2D eigenvalue weighted by Crippen LogP contribution is -3.00. The van der Waals surface area contributed by atoms with E-state index in [1.807, 2.05) is 17.0 Å². The first-order valence-electron chi connectivity index (χ1n) is 11.1.